The summed E-state index contributed by atoms with van der Waals surface area (Å²) in [6.45, 7) is 4.34. The van der Waals surface area contributed by atoms with Gasteiger partial charge in [0, 0.05) is 0 Å². The van der Waals surface area contributed by atoms with Gasteiger partial charge in [-0.25, -0.2) is 0 Å². The monoisotopic (exact) mass is 503 g/mol. The first kappa shape index (κ1) is 32.8. The van der Waals surface area contributed by atoms with Crippen LogP contribution in [0.3, 0.4) is 0 Å². The second-order valence-electron chi connectivity index (χ2n) is 9.11. The number of hydrogen-bond acceptors (Lipinski definition) is 5. The highest BCUT2D eigenvalue weighted by atomic mass is 32.2. The van der Waals surface area contributed by atoms with Crippen LogP contribution in [0.5, 0.6) is 0 Å². The Balaban J connectivity index is 4.46. The first-order valence-corrected chi connectivity index (χ1v) is 14.8. The Bertz CT molecular complexity index is 662. The smallest absolute Gasteiger partial charge is 0.267 e. The Morgan fingerprint density at radius 1 is 0.794 bits per heavy atom. The molecule has 0 saturated heterocycles. The van der Waals surface area contributed by atoms with Crippen LogP contribution < -0.4 is 5.32 Å². The fourth-order valence-electron chi connectivity index (χ4n) is 3.64. The molecule has 0 aliphatic carbocycles. The molecule has 0 aliphatic heterocycles. The van der Waals surface area contributed by atoms with E-state index in [0.717, 1.165) is 32.1 Å². The van der Waals surface area contributed by atoms with Gasteiger partial charge >= 0.3 is 0 Å². The van der Waals surface area contributed by atoms with Crippen LogP contribution >= 0.6 is 0 Å². The molecule has 200 valence electrons. The molecule has 1 amide bonds. The minimum Gasteiger partial charge on any atom is -0.387 e. The predicted octanol–water partition coefficient (Wildman–Crippen LogP) is 5.08. The number of carbonyl (C=O) groups is 1. The van der Waals surface area contributed by atoms with E-state index >= 15 is 0 Å². The molecule has 3 unspecified atom stereocenters. The molecule has 0 spiro atoms. The lowest BCUT2D eigenvalue weighted by atomic mass is 10.0. The van der Waals surface area contributed by atoms with Gasteiger partial charge in [0.2, 0.25) is 5.91 Å². The number of nitrogens with one attached hydrogen (secondary N) is 1. The molecule has 4 N–H and O–H groups in total. The normalized spacial score (nSPS) is 15.1. The average Bonchev–Trinajstić information content (AvgIpc) is 2.78. The molecule has 0 aromatic rings. The molecular weight excluding hydrogens is 454 g/mol. The fraction of sp³-hybridized carbons (Fsp3) is 0.808. The van der Waals surface area contributed by atoms with Crippen molar-refractivity contribution in [3.63, 3.8) is 0 Å². The highest BCUT2D eigenvalue weighted by Gasteiger charge is 2.27. The number of rotatable bonds is 22. The number of aliphatic hydroxyl groups excluding tert-OH is 2. The third-order valence-electron chi connectivity index (χ3n) is 5.74. The summed E-state index contributed by atoms with van der Waals surface area (Å²) in [6.07, 6.45) is 19.8. The maximum atomic E-state index is 12.3. The number of amides is 1. The lowest BCUT2D eigenvalue weighted by molar-refractivity contribution is -0.130. The molecule has 0 saturated carbocycles. The molecule has 0 fully saturated rings. The highest BCUT2D eigenvalue weighted by Crippen LogP contribution is 2.11. The van der Waals surface area contributed by atoms with Crippen LogP contribution in [0.4, 0.5) is 0 Å². The van der Waals surface area contributed by atoms with E-state index < -0.39 is 40.0 Å². The Kier molecular flexibility index (Phi) is 20.3. The summed E-state index contributed by atoms with van der Waals surface area (Å²) < 4.78 is 31.9. The predicted molar refractivity (Wildman–Crippen MR) is 139 cm³/mol. The summed E-state index contributed by atoms with van der Waals surface area (Å²) >= 11 is 0. The van der Waals surface area contributed by atoms with E-state index in [1.54, 1.807) is 6.08 Å². The van der Waals surface area contributed by atoms with Gasteiger partial charge in [-0.2, -0.15) is 8.42 Å². The van der Waals surface area contributed by atoms with Crippen molar-refractivity contribution < 1.29 is 28.0 Å². The number of hydrogen-bond donors (Lipinski definition) is 4. The molecule has 0 radical (unpaired) electrons. The Hall–Kier alpha value is -1.22. The van der Waals surface area contributed by atoms with Crippen molar-refractivity contribution in [2.75, 3.05) is 5.75 Å². The second kappa shape index (κ2) is 21.1. The van der Waals surface area contributed by atoms with Gasteiger partial charge in [-0.05, 0) is 32.1 Å². The number of carbonyl (C=O) groups excluding carboxylic acids is 1. The van der Waals surface area contributed by atoms with Gasteiger partial charge in [0.15, 0.2) is 0 Å². The van der Waals surface area contributed by atoms with Crippen LogP contribution in [0.15, 0.2) is 24.3 Å². The zero-order valence-electron chi connectivity index (χ0n) is 21.3. The second-order valence-corrected chi connectivity index (χ2v) is 10.6. The molecule has 8 heteroatoms. The van der Waals surface area contributed by atoms with Crippen molar-refractivity contribution >= 4 is 16.0 Å². The van der Waals surface area contributed by atoms with Gasteiger partial charge in [-0.1, -0.05) is 102 Å². The van der Waals surface area contributed by atoms with Crippen LogP contribution in [0, 0.1) is 0 Å². The summed E-state index contributed by atoms with van der Waals surface area (Å²) in [7, 11) is -4.43. The van der Waals surface area contributed by atoms with Crippen molar-refractivity contribution in [2.24, 2.45) is 0 Å². The first-order valence-electron chi connectivity index (χ1n) is 13.1. The lowest BCUT2D eigenvalue weighted by Gasteiger charge is -2.22. The SMILES string of the molecule is CCCCC/C=C/CC/C=C/C(O)C(CS(=O)(=O)O)NC(=O)C(O)CCCCCCCCCC. The Labute approximate surface area is 207 Å². The minimum absolute atomic E-state index is 0.274. The first-order chi connectivity index (χ1) is 16.2. The molecule has 0 rings (SSSR count). The zero-order chi connectivity index (χ0) is 25.7. The molecule has 0 heterocycles. The zero-order valence-corrected chi connectivity index (χ0v) is 22.1. The van der Waals surface area contributed by atoms with Crippen molar-refractivity contribution in [1.29, 1.82) is 0 Å². The van der Waals surface area contributed by atoms with Crippen molar-refractivity contribution in [1.82, 2.24) is 5.32 Å². The van der Waals surface area contributed by atoms with E-state index in [9.17, 15) is 28.0 Å². The van der Waals surface area contributed by atoms with Gasteiger partial charge < -0.3 is 15.5 Å². The van der Waals surface area contributed by atoms with Crippen LogP contribution in [0.2, 0.25) is 0 Å². The maximum absolute atomic E-state index is 12.3. The van der Waals surface area contributed by atoms with Gasteiger partial charge in [-0.3, -0.25) is 9.35 Å². The molecule has 3 atom stereocenters. The third kappa shape index (κ3) is 20.2. The average molecular weight is 504 g/mol. The quantitative estimate of drug-likeness (QED) is 0.0927. The number of unbranched alkanes of at least 4 members (excludes halogenated alkanes) is 11. The standard InChI is InChI=1S/C26H49NO6S/c1-3-5-7-9-11-13-15-16-18-20-24(28)23(22-34(31,32)33)27-26(30)25(29)21-19-17-14-12-10-8-6-4-2/h11,13,18,20,23-25,28-29H,3-10,12,14-17,19,21-22H2,1-2H3,(H,27,30)(H,31,32,33)/b13-11+,20-18+. The van der Waals surface area contributed by atoms with E-state index in [0.29, 0.717) is 12.8 Å². The third-order valence-corrected chi connectivity index (χ3v) is 6.52. The molecule has 7 nitrogen and oxygen atoms in total. The van der Waals surface area contributed by atoms with Gasteiger partial charge in [0.1, 0.15) is 6.10 Å². The van der Waals surface area contributed by atoms with Gasteiger partial charge in [0.05, 0.1) is 17.9 Å². The van der Waals surface area contributed by atoms with Crippen LogP contribution in [-0.4, -0.2) is 53.1 Å². The Morgan fingerprint density at radius 3 is 1.94 bits per heavy atom. The topological polar surface area (TPSA) is 124 Å². The summed E-state index contributed by atoms with van der Waals surface area (Å²) in [5.41, 5.74) is 0. The Morgan fingerprint density at radius 2 is 1.32 bits per heavy atom. The van der Waals surface area contributed by atoms with Crippen LogP contribution in [0.25, 0.3) is 0 Å². The molecule has 34 heavy (non-hydrogen) atoms. The van der Waals surface area contributed by atoms with Crippen molar-refractivity contribution in [2.45, 2.75) is 128 Å². The van der Waals surface area contributed by atoms with E-state index in [1.165, 1.54) is 51.0 Å². The largest absolute Gasteiger partial charge is 0.387 e. The summed E-state index contributed by atoms with van der Waals surface area (Å²) in [4.78, 5) is 12.3. The van der Waals surface area contributed by atoms with E-state index in [4.69, 9.17) is 0 Å². The highest BCUT2D eigenvalue weighted by molar-refractivity contribution is 7.85. The lowest BCUT2D eigenvalue weighted by Crippen LogP contribution is -2.50. The van der Waals surface area contributed by atoms with Crippen molar-refractivity contribution in [3.8, 4) is 0 Å². The molecule has 0 aromatic heterocycles. The molecule has 0 aromatic carbocycles. The van der Waals surface area contributed by atoms with Crippen molar-refractivity contribution in [3.05, 3.63) is 24.3 Å². The summed E-state index contributed by atoms with van der Waals surface area (Å²) in [5.74, 6) is -1.56. The van der Waals surface area contributed by atoms with Crippen LogP contribution in [-0.2, 0) is 14.9 Å². The van der Waals surface area contributed by atoms with Gasteiger partial charge in [-0.15, -0.1) is 0 Å². The molecule has 0 aliphatic rings. The van der Waals surface area contributed by atoms with E-state index in [1.807, 2.05) is 0 Å². The fourth-order valence-corrected chi connectivity index (χ4v) is 4.38. The van der Waals surface area contributed by atoms with Crippen LogP contribution in [0.1, 0.15) is 110 Å². The van der Waals surface area contributed by atoms with E-state index in [-0.39, 0.29) is 6.42 Å². The number of aliphatic hydroxyl groups is 2. The minimum atomic E-state index is -4.43. The maximum Gasteiger partial charge on any atom is 0.267 e. The number of allylic oxidation sites excluding steroid dienone is 3. The molecular formula is C26H49NO6S. The molecule has 0 bridgehead atoms. The summed E-state index contributed by atoms with van der Waals surface area (Å²) in [5, 5.41) is 22.9. The van der Waals surface area contributed by atoms with E-state index in [2.05, 4.69) is 31.3 Å². The van der Waals surface area contributed by atoms with Gasteiger partial charge in [0.25, 0.3) is 10.1 Å². The summed E-state index contributed by atoms with van der Waals surface area (Å²) in [6, 6.07) is -1.24.